The van der Waals surface area contributed by atoms with E-state index in [2.05, 4.69) is 22.0 Å². The van der Waals surface area contributed by atoms with Crippen LogP contribution in [0.25, 0.3) is 28.1 Å². The summed E-state index contributed by atoms with van der Waals surface area (Å²) in [4.78, 5) is 12.3. The summed E-state index contributed by atoms with van der Waals surface area (Å²) in [7, 11) is 1.64. The van der Waals surface area contributed by atoms with Gasteiger partial charge in [0.2, 0.25) is 0 Å². The van der Waals surface area contributed by atoms with E-state index in [4.69, 9.17) is 19.2 Å². The topological polar surface area (TPSA) is 87.1 Å². The molecule has 8 heteroatoms. The van der Waals surface area contributed by atoms with Gasteiger partial charge >= 0.3 is 0 Å². The second kappa shape index (κ2) is 9.72. The van der Waals surface area contributed by atoms with Gasteiger partial charge in [-0.05, 0) is 44.5 Å². The zero-order valence-electron chi connectivity index (χ0n) is 19.0. The molecule has 2 aromatic carbocycles. The molecule has 4 rings (SSSR count). The number of aromatic amines is 1. The number of rotatable bonds is 10. The quantitative estimate of drug-likeness (QED) is 0.346. The first-order chi connectivity index (χ1) is 15.6. The lowest BCUT2D eigenvalue weighted by atomic mass is 10.2. The van der Waals surface area contributed by atoms with Crippen molar-refractivity contribution in [1.29, 1.82) is 0 Å². The molecule has 168 valence electrons. The van der Waals surface area contributed by atoms with Crippen LogP contribution >= 0.6 is 0 Å². The Bertz CT molecular complexity index is 1170. The highest BCUT2D eigenvalue weighted by atomic mass is 16.5. The molecule has 2 heterocycles. The van der Waals surface area contributed by atoms with Crippen LogP contribution in [0.2, 0.25) is 0 Å². The molecule has 0 aliphatic rings. The zero-order valence-corrected chi connectivity index (χ0v) is 19.0. The minimum absolute atomic E-state index is 0.0347. The monoisotopic (exact) mass is 435 g/mol. The van der Waals surface area contributed by atoms with Crippen LogP contribution in [-0.2, 0) is 0 Å². The number of imidazole rings is 1. The molecule has 0 radical (unpaired) electrons. The van der Waals surface area contributed by atoms with Crippen molar-refractivity contribution in [3.63, 3.8) is 0 Å². The minimum Gasteiger partial charge on any atom is -0.493 e. The number of hydrogen-bond donors (Lipinski definition) is 1. The second-order valence-corrected chi connectivity index (χ2v) is 7.85. The number of fused-ring (bicyclic) bond motifs is 1. The summed E-state index contributed by atoms with van der Waals surface area (Å²) < 4.78 is 19.2. The van der Waals surface area contributed by atoms with E-state index in [1.807, 2.05) is 44.2 Å². The third kappa shape index (κ3) is 4.69. The number of unbranched alkanes of at least 4 members (excludes halogenated alkanes) is 2. The average Bonchev–Trinajstić information content (AvgIpc) is 3.45. The predicted octanol–water partition coefficient (Wildman–Crippen LogP) is 5.18. The van der Waals surface area contributed by atoms with Gasteiger partial charge in [0.25, 0.3) is 0 Å². The summed E-state index contributed by atoms with van der Waals surface area (Å²) in [5, 5.41) is 4.28. The van der Waals surface area contributed by atoms with Crippen molar-refractivity contribution in [2.45, 2.75) is 46.1 Å². The normalized spacial score (nSPS) is 11.3. The van der Waals surface area contributed by atoms with Crippen LogP contribution in [0.1, 0.15) is 40.0 Å². The Morgan fingerprint density at radius 3 is 2.66 bits per heavy atom. The maximum Gasteiger partial charge on any atom is 0.162 e. The van der Waals surface area contributed by atoms with Crippen molar-refractivity contribution >= 4 is 11.0 Å². The van der Waals surface area contributed by atoms with Gasteiger partial charge in [-0.15, -0.1) is 0 Å². The van der Waals surface area contributed by atoms with Gasteiger partial charge in [0.1, 0.15) is 29.9 Å². The Kier molecular flexibility index (Phi) is 6.58. The molecule has 0 fully saturated rings. The van der Waals surface area contributed by atoms with Crippen molar-refractivity contribution in [3.05, 3.63) is 43.0 Å². The van der Waals surface area contributed by atoms with Gasteiger partial charge in [0.15, 0.2) is 11.5 Å². The van der Waals surface area contributed by atoms with Crippen LogP contribution in [0.4, 0.5) is 0 Å². The first-order valence-corrected chi connectivity index (χ1v) is 11.0. The van der Waals surface area contributed by atoms with E-state index in [9.17, 15) is 0 Å². The van der Waals surface area contributed by atoms with E-state index in [0.717, 1.165) is 53.1 Å². The van der Waals surface area contributed by atoms with Crippen LogP contribution in [0.15, 0.2) is 43.0 Å². The van der Waals surface area contributed by atoms with Crippen LogP contribution in [0.3, 0.4) is 0 Å². The number of hydrogen-bond acceptors (Lipinski definition) is 6. The fourth-order valence-corrected chi connectivity index (χ4v) is 3.49. The maximum absolute atomic E-state index is 6.10. The highest BCUT2D eigenvalue weighted by Gasteiger charge is 2.15. The van der Waals surface area contributed by atoms with E-state index in [1.54, 1.807) is 18.1 Å². The molecule has 0 amide bonds. The molecule has 0 unspecified atom stereocenters. The lowest BCUT2D eigenvalue weighted by molar-refractivity contribution is 0.230. The molecular weight excluding hydrogens is 406 g/mol. The average molecular weight is 436 g/mol. The molecule has 0 bridgehead atoms. The van der Waals surface area contributed by atoms with E-state index in [-0.39, 0.29) is 6.10 Å². The van der Waals surface area contributed by atoms with Crippen LogP contribution in [0.5, 0.6) is 17.2 Å². The lowest BCUT2D eigenvalue weighted by Gasteiger charge is -2.14. The van der Waals surface area contributed by atoms with Crippen molar-refractivity contribution < 1.29 is 14.2 Å². The largest absolute Gasteiger partial charge is 0.493 e. The van der Waals surface area contributed by atoms with E-state index < -0.39 is 0 Å². The number of nitrogens with zero attached hydrogens (tertiary/aromatic N) is 4. The Morgan fingerprint density at radius 1 is 1.06 bits per heavy atom. The number of nitrogens with one attached hydrogen (secondary N) is 1. The second-order valence-electron chi connectivity index (χ2n) is 7.85. The fourth-order valence-electron chi connectivity index (χ4n) is 3.49. The van der Waals surface area contributed by atoms with Crippen LogP contribution in [0, 0.1) is 0 Å². The van der Waals surface area contributed by atoms with Gasteiger partial charge < -0.3 is 19.2 Å². The molecule has 1 N–H and O–H groups in total. The van der Waals surface area contributed by atoms with Gasteiger partial charge in [-0.3, -0.25) is 0 Å². The van der Waals surface area contributed by atoms with Crippen LogP contribution in [-0.4, -0.2) is 44.6 Å². The number of aromatic nitrogens is 5. The lowest BCUT2D eigenvalue weighted by Crippen LogP contribution is -2.06. The molecule has 0 atom stereocenters. The third-order valence-electron chi connectivity index (χ3n) is 5.03. The van der Waals surface area contributed by atoms with E-state index in [0.29, 0.717) is 18.1 Å². The number of H-pyrrole nitrogens is 1. The SMILES string of the molecule is CCCCCOc1cc2nc(-c3ccc(OC)c(OC(C)C)c3)[nH]c2cc1-n1cncn1. The predicted molar refractivity (Wildman–Crippen MR) is 124 cm³/mol. The summed E-state index contributed by atoms with van der Waals surface area (Å²) >= 11 is 0. The van der Waals surface area contributed by atoms with Gasteiger partial charge in [-0.1, -0.05) is 19.8 Å². The minimum atomic E-state index is 0.0347. The Balaban J connectivity index is 1.72. The van der Waals surface area contributed by atoms with Gasteiger partial charge in [0.05, 0.1) is 30.9 Å². The molecule has 4 aromatic rings. The van der Waals surface area contributed by atoms with Crippen molar-refractivity contribution in [1.82, 2.24) is 24.7 Å². The molecule has 0 spiro atoms. The Hall–Kier alpha value is -3.55. The highest BCUT2D eigenvalue weighted by Crippen LogP contribution is 2.34. The molecular formula is C24H29N5O3. The van der Waals surface area contributed by atoms with Crippen molar-refractivity contribution in [2.24, 2.45) is 0 Å². The molecule has 0 aliphatic carbocycles. The first-order valence-electron chi connectivity index (χ1n) is 11.0. The van der Waals surface area contributed by atoms with Gasteiger partial charge in [0, 0.05) is 11.6 Å². The summed E-state index contributed by atoms with van der Waals surface area (Å²) in [5.41, 5.74) is 3.43. The third-order valence-corrected chi connectivity index (χ3v) is 5.03. The molecule has 0 saturated heterocycles. The summed E-state index contributed by atoms with van der Waals surface area (Å²) in [5.74, 6) is 2.85. The summed E-state index contributed by atoms with van der Waals surface area (Å²) in [6, 6.07) is 9.74. The maximum atomic E-state index is 6.10. The zero-order chi connectivity index (χ0) is 22.5. The Labute approximate surface area is 187 Å². The molecule has 0 aliphatic heterocycles. The highest BCUT2D eigenvalue weighted by molar-refractivity contribution is 5.84. The molecule has 0 saturated carbocycles. The Morgan fingerprint density at radius 2 is 1.94 bits per heavy atom. The number of ether oxygens (including phenoxy) is 3. The number of benzene rings is 2. The smallest absolute Gasteiger partial charge is 0.162 e. The van der Waals surface area contributed by atoms with Crippen molar-refractivity contribution in [2.75, 3.05) is 13.7 Å². The standard InChI is InChI=1S/C24H29N5O3/c1-5-6-7-10-31-22-13-19-18(12-20(22)29-15-25-14-26-29)27-24(28-19)17-8-9-21(30-4)23(11-17)32-16(2)3/h8-9,11-16H,5-7,10H2,1-4H3,(H,27,28). The molecule has 2 aromatic heterocycles. The van der Waals surface area contributed by atoms with Crippen LogP contribution < -0.4 is 14.2 Å². The summed E-state index contributed by atoms with van der Waals surface area (Å²) in [6.45, 7) is 6.80. The summed E-state index contributed by atoms with van der Waals surface area (Å²) in [6.07, 6.45) is 6.49. The molecule has 8 nitrogen and oxygen atoms in total. The first kappa shape index (κ1) is 21.7. The fraction of sp³-hybridized carbons (Fsp3) is 0.375. The van der Waals surface area contributed by atoms with E-state index >= 15 is 0 Å². The van der Waals surface area contributed by atoms with Crippen molar-refractivity contribution in [3.8, 4) is 34.3 Å². The molecule has 32 heavy (non-hydrogen) atoms. The number of methoxy groups -OCH3 is 1. The van der Waals surface area contributed by atoms with E-state index in [1.165, 1.54) is 6.33 Å². The van der Waals surface area contributed by atoms with Gasteiger partial charge in [-0.2, -0.15) is 5.10 Å². The van der Waals surface area contributed by atoms with Gasteiger partial charge in [-0.25, -0.2) is 14.6 Å².